The molecule has 0 aliphatic carbocycles. The van der Waals surface area contributed by atoms with Crippen LogP contribution in [0.5, 0.6) is 0 Å². The van der Waals surface area contributed by atoms with Gasteiger partial charge in [-0.25, -0.2) is 0 Å². The van der Waals surface area contributed by atoms with E-state index in [0.717, 1.165) is 58.2 Å². The molecule has 6 nitrogen and oxygen atoms in total. The molecule has 2 rings (SSSR count). The highest BCUT2D eigenvalue weighted by Gasteiger charge is 2.16. The van der Waals surface area contributed by atoms with Crippen LogP contribution in [-0.2, 0) is 17.8 Å². The van der Waals surface area contributed by atoms with Gasteiger partial charge in [0.1, 0.15) is 0 Å². The lowest BCUT2D eigenvalue weighted by atomic mass is 10.1. The quantitative estimate of drug-likeness (QED) is 0.508. The summed E-state index contributed by atoms with van der Waals surface area (Å²) in [5, 5.41) is 8.73. The van der Waals surface area contributed by atoms with Crippen molar-refractivity contribution in [3.63, 3.8) is 0 Å². The lowest BCUT2D eigenvalue weighted by Gasteiger charge is -2.26. The second-order valence-electron chi connectivity index (χ2n) is 6.40. The summed E-state index contributed by atoms with van der Waals surface area (Å²) in [7, 11) is 0. The predicted octanol–water partition coefficient (Wildman–Crippen LogP) is 1.92. The summed E-state index contributed by atoms with van der Waals surface area (Å²) < 4.78 is 0. The minimum atomic E-state index is 0.193. The molecule has 1 aromatic rings. The Balaban J connectivity index is 1.73. The summed E-state index contributed by atoms with van der Waals surface area (Å²) in [6, 6.07) is 2.24. The Bertz CT molecular complexity index is 582. The third kappa shape index (κ3) is 6.29. The number of fused-ring (bicyclic) bond motifs is 1. The van der Waals surface area contributed by atoms with Crippen LogP contribution in [0.3, 0.4) is 0 Å². The van der Waals surface area contributed by atoms with Crippen molar-refractivity contribution in [1.82, 2.24) is 20.4 Å². The highest BCUT2D eigenvalue weighted by molar-refractivity contribution is 7.10. The van der Waals surface area contributed by atoms with Gasteiger partial charge in [-0.15, -0.1) is 11.3 Å². The molecule has 1 aliphatic heterocycles. The van der Waals surface area contributed by atoms with Crippen LogP contribution in [0.15, 0.2) is 16.4 Å². The van der Waals surface area contributed by atoms with E-state index in [4.69, 9.17) is 0 Å². The van der Waals surface area contributed by atoms with E-state index in [1.165, 1.54) is 10.4 Å². The Morgan fingerprint density at radius 2 is 2.12 bits per heavy atom. The molecule has 1 aromatic heterocycles. The summed E-state index contributed by atoms with van der Waals surface area (Å²) in [4.78, 5) is 22.6. The Hall–Kier alpha value is -1.60. The average molecular weight is 380 g/mol. The summed E-state index contributed by atoms with van der Waals surface area (Å²) in [5.41, 5.74) is 1.48. The van der Waals surface area contributed by atoms with Crippen LogP contribution in [0.1, 0.15) is 37.6 Å². The molecule has 0 bridgehead atoms. The topological polar surface area (TPSA) is 60.0 Å². The smallest absolute Gasteiger partial charge is 0.224 e. The zero-order valence-corrected chi connectivity index (χ0v) is 17.2. The molecule has 7 heteroatoms. The van der Waals surface area contributed by atoms with Gasteiger partial charge in [0.15, 0.2) is 5.96 Å². The van der Waals surface area contributed by atoms with E-state index in [1.54, 1.807) is 0 Å². The number of amides is 1. The predicted molar refractivity (Wildman–Crippen MR) is 110 cm³/mol. The zero-order chi connectivity index (χ0) is 18.8. The molecule has 0 unspecified atom stereocenters. The zero-order valence-electron chi connectivity index (χ0n) is 16.4. The molecule has 0 aromatic carbocycles. The van der Waals surface area contributed by atoms with Crippen LogP contribution in [0, 0.1) is 0 Å². The standard InChI is InChI=1S/C19H33N5OS/c1-4-20-19(21-10-7-18(25)24(5-2)6-3)22-11-13-23-12-8-17-16(15-23)9-14-26-17/h9,14H,4-8,10-13,15H2,1-3H3,(H2,20,21,22). The number of rotatable bonds is 9. The second kappa shape index (κ2) is 11.2. The summed E-state index contributed by atoms with van der Waals surface area (Å²) >= 11 is 1.87. The monoisotopic (exact) mass is 379 g/mol. The van der Waals surface area contributed by atoms with E-state index in [2.05, 4.69) is 38.9 Å². The maximum atomic E-state index is 12.1. The number of hydrogen-bond donors (Lipinski definition) is 2. The van der Waals surface area contributed by atoms with Crippen molar-refractivity contribution in [2.45, 2.75) is 40.2 Å². The van der Waals surface area contributed by atoms with Gasteiger partial charge < -0.3 is 15.5 Å². The molecule has 1 amide bonds. The summed E-state index contributed by atoms with van der Waals surface area (Å²) in [6.45, 7) is 12.9. The lowest BCUT2D eigenvalue weighted by Crippen LogP contribution is -2.40. The lowest BCUT2D eigenvalue weighted by molar-refractivity contribution is -0.130. The number of nitrogens with zero attached hydrogens (tertiary/aromatic N) is 3. The first kappa shape index (κ1) is 20.7. The first-order valence-corrected chi connectivity index (χ1v) is 10.6. The normalized spacial score (nSPS) is 14.8. The van der Waals surface area contributed by atoms with E-state index < -0.39 is 0 Å². The van der Waals surface area contributed by atoms with Gasteiger partial charge in [0, 0.05) is 57.1 Å². The highest BCUT2D eigenvalue weighted by Crippen LogP contribution is 2.23. The largest absolute Gasteiger partial charge is 0.357 e. The van der Waals surface area contributed by atoms with Crippen molar-refractivity contribution >= 4 is 23.2 Å². The van der Waals surface area contributed by atoms with Crippen LogP contribution in [-0.4, -0.2) is 67.5 Å². The molecule has 1 aliphatic rings. The summed E-state index contributed by atoms with van der Waals surface area (Å²) in [5.74, 6) is 0.992. The van der Waals surface area contributed by atoms with Crippen LogP contribution < -0.4 is 10.6 Å². The maximum absolute atomic E-state index is 12.1. The third-order valence-corrected chi connectivity index (χ3v) is 5.69. The van der Waals surface area contributed by atoms with Gasteiger partial charge in [0.25, 0.3) is 0 Å². The minimum absolute atomic E-state index is 0.193. The average Bonchev–Trinajstić information content (AvgIpc) is 3.10. The number of hydrogen-bond acceptors (Lipinski definition) is 4. The van der Waals surface area contributed by atoms with E-state index in [1.807, 2.05) is 30.1 Å². The third-order valence-electron chi connectivity index (χ3n) is 4.66. The van der Waals surface area contributed by atoms with Gasteiger partial charge in [-0.1, -0.05) is 0 Å². The molecular weight excluding hydrogens is 346 g/mol. The van der Waals surface area contributed by atoms with Gasteiger partial charge in [-0.2, -0.15) is 0 Å². The number of thiophene rings is 1. The molecule has 2 heterocycles. The molecular formula is C19H33N5OS. The minimum Gasteiger partial charge on any atom is -0.357 e. The van der Waals surface area contributed by atoms with E-state index in [-0.39, 0.29) is 5.91 Å². The number of carbonyl (C=O) groups is 1. The SMILES string of the molecule is CCNC(=NCCN1CCc2sccc2C1)NCCC(=O)N(CC)CC. The molecule has 0 saturated heterocycles. The first-order chi connectivity index (χ1) is 12.7. The maximum Gasteiger partial charge on any atom is 0.224 e. The van der Waals surface area contributed by atoms with Crippen molar-refractivity contribution in [3.05, 3.63) is 21.9 Å². The second-order valence-corrected chi connectivity index (χ2v) is 7.40. The number of carbonyl (C=O) groups excluding carboxylic acids is 1. The fourth-order valence-electron chi connectivity index (χ4n) is 3.16. The van der Waals surface area contributed by atoms with Crippen molar-refractivity contribution in [1.29, 1.82) is 0 Å². The van der Waals surface area contributed by atoms with Crippen LogP contribution in [0.2, 0.25) is 0 Å². The van der Waals surface area contributed by atoms with E-state index >= 15 is 0 Å². The van der Waals surface area contributed by atoms with E-state index in [9.17, 15) is 4.79 Å². The van der Waals surface area contributed by atoms with Crippen molar-refractivity contribution in [2.24, 2.45) is 4.99 Å². The molecule has 146 valence electrons. The molecule has 2 N–H and O–H groups in total. The molecule has 0 radical (unpaired) electrons. The fraction of sp³-hybridized carbons (Fsp3) is 0.684. The first-order valence-electron chi connectivity index (χ1n) is 9.75. The number of guanidine groups is 1. The van der Waals surface area contributed by atoms with Gasteiger partial charge in [-0.05, 0) is 44.2 Å². The fourth-order valence-corrected chi connectivity index (χ4v) is 4.05. The van der Waals surface area contributed by atoms with Crippen molar-refractivity contribution in [2.75, 3.05) is 45.8 Å². The van der Waals surface area contributed by atoms with E-state index in [0.29, 0.717) is 13.0 Å². The molecule has 26 heavy (non-hydrogen) atoms. The summed E-state index contributed by atoms with van der Waals surface area (Å²) in [6.07, 6.45) is 1.65. The van der Waals surface area contributed by atoms with Gasteiger partial charge in [-0.3, -0.25) is 14.7 Å². The van der Waals surface area contributed by atoms with Crippen LogP contribution in [0.4, 0.5) is 0 Å². The molecule has 0 fully saturated rings. The van der Waals surface area contributed by atoms with Crippen LogP contribution in [0.25, 0.3) is 0 Å². The van der Waals surface area contributed by atoms with Gasteiger partial charge in [0.2, 0.25) is 5.91 Å². The Kier molecular flexibility index (Phi) is 8.91. The van der Waals surface area contributed by atoms with Gasteiger partial charge in [0.05, 0.1) is 6.54 Å². The Morgan fingerprint density at radius 3 is 2.85 bits per heavy atom. The Labute approximate surface area is 161 Å². The molecule has 0 atom stereocenters. The Morgan fingerprint density at radius 1 is 1.31 bits per heavy atom. The molecule has 0 saturated carbocycles. The molecule has 0 spiro atoms. The number of aliphatic imine (C=N–C) groups is 1. The number of nitrogens with one attached hydrogen (secondary N) is 2. The van der Waals surface area contributed by atoms with Crippen LogP contribution >= 0.6 is 11.3 Å². The van der Waals surface area contributed by atoms with Crippen molar-refractivity contribution < 1.29 is 4.79 Å². The highest BCUT2D eigenvalue weighted by atomic mass is 32.1. The van der Waals surface area contributed by atoms with Crippen molar-refractivity contribution in [3.8, 4) is 0 Å². The van der Waals surface area contributed by atoms with Gasteiger partial charge >= 0.3 is 0 Å².